The Hall–Kier alpha value is -0.610. The number of aromatic nitrogens is 1. The third kappa shape index (κ3) is 4.23. The summed E-state index contributed by atoms with van der Waals surface area (Å²) in [7, 11) is 0. The Morgan fingerprint density at radius 3 is 2.77 bits per heavy atom. The Bertz CT molecular complexity index is 621. The van der Waals surface area contributed by atoms with Crippen molar-refractivity contribution in [1.29, 1.82) is 0 Å². The van der Waals surface area contributed by atoms with Crippen LogP contribution < -0.4 is 5.32 Å². The van der Waals surface area contributed by atoms with Crippen LogP contribution in [0.25, 0.3) is 10.4 Å². The molecule has 1 aromatic carbocycles. The molecule has 1 aliphatic rings. The van der Waals surface area contributed by atoms with Gasteiger partial charge in [-0.1, -0.05) is 48.5 Å². The van der Waals surface area contributed by atoms with Crippen LogP contribution in [0.4, 0.5) is 0 Å². The second-order valence-electron chi connectivity index (χ2n) is 5.88. The summed E-state index contributed by atoms with van der Waals surface area (Å²) < 4.78 is 0. The van der Waals surface area contributed by atoms with E-state index in [1.807, 2.05) is 18.3 Å². The Labute approximate surface area is 145 Å². The van der Waals surface area contributed by atoms with E-state index in [0.29, 0.717) is 10.0 Å². The van der Waals surface area contributed by atoms with E-state index >= 15 is 0 Å². The Morgan fingerprint density at radius 2 is 2.00 bits per heavy atom. The molecular weight excluding hydrogens is 335 g/mol. The SMILES string of the molecule is Clc1ccc(-c2cnc(CNCC3CCCCC3)s2)c(Cl)c1. The van der Waals surface area contributed by atoms with Crippen molar-refractivity contribution >= 4 is 34.5 Å². The van der Waals surface area contributed by atoms with Crippen LogP contribution in [0.2, 0.25) is 10.0 Å². The molecule has 0 atom stereocenters. The van der Waals surface area contributed by atoms with Crippen LogP contribution in [-0.4, -0.2) is 11.5 Å². The van der Waals surface area contributed by atoms with E-state index in [2.05, 4.69) is 10.3 Å². The maximum absolute atomic E-state index is 6.26. The van der Waals surface area contributed by atoms with Crippen molar-refractivity contribution in [3.05, 3.63) is 39.4 Å². The van der Waals surface area contributed by atoms with Crippen LogP contribution in [0.3, 0.4) is 0 Å². The normalized spacial score (nSPS) is 16.1. The molecule has 3 rings (SSSR count). The lowest BCUT2D eigenvalue weighted by Crippen LogP contribution is -2.24. The molecule has 1 saturated carbocycles. The highest BCUT2D eigenvalue weighted by atomic mass is 35.5. The quantitative estimate of drug-likeness (QED) is 0.735. The van der Waals surface area contributed by atoms with Gasteiger partial charge in [-0.05, 0) is 37.4 Å². The van der Waals surface area contributed by atoms with Crippen LogP contribution in [0.15, 0.2) is 24.4 Å². The van der Waals surface area contributed by atoms with Crippen LogP contribution in [-0.2, 0) is 6.54 Å². The summed E-state index contributed by atoms with van der Waals surface area (Å²) in [6.45, 7) is 1.95. The highest BCUT2D eigenvalue weighted by Gasteiger charge is 2.13. The lowest BCUT2D eigenvalue weighted by Gasteiger charge is -2.21. The van der Waals surface area contributed by atoms with Crippen molar-refractivity contribution in [1.82, 2.24) is 10.3 Å². The van der Waals surface area contributed by atoms with Crippen molar-refractivity contribution < 1.29 is 0 Å². The number of nitrogens with zero attached hydrogens (tertiary/aromatic N) is 1. The van der Waals surface area contributed by atoms with Crippen molar-refractivity contribution in [2.24, 2.45) is 5.92 Å². The van der Waals surface area contributed by atoms with Gasteiger partial charge in [0.2, 0.25) is 0 Å². The van der Waals surface area contributed by atoms with Crippen LogP contribution >= 0.6 is 34.5 Å². The van der Waals surface area contributed by atoms with E-state index in [-0.39, 0.29) is 0 Å². The first-order valence-corrected chi connectivity index (χ1v) is 9.40. The first-order valence-electron chi connectivity index (χ1n) is 7.83. The van der Waals surface area contributed by atoms with Gasteiger partial charge < -0.3 is 5.32 Å². The monoisotopic (exact) mass is 354 g/mol. The molecule has 1 N–H and O–H groups in total. The first-order chi connectivity index (χ1) is 10.7. The summed E-state index contributed by atoms with van der Waals surface area (Å²) in [5.74, 6) is 0.846. The van der Waals surface area contributed by atoms with Gasteiger partial charge in [-0.2, -0.15) is 0 Å². The van der Waals surface area contributed by atoms with Gasteiger partial charge in [-0.25, -0.2) is 4.98 Å². The molecule has 1 aromatic heterocycles. The van der Waals surface area contributed by atoms with Crippen molar-refractivity contribution in [2.45, 2.75) is 38.6 Å². The minimum atomic E-state index is 0.660. The highest BCUT2D eigenvalue weighted by molar-refractivity contribution is 7.15. The van der Waals surface area contributed by atoms with Crippen LogP contribution in [0.1, 0.15) is 37.1 Å². The number of thiazole rings is 1. The third-order valence-corrected chi connectivity index (χ3v) is 5.76. The molecule has 0 radical (unpaired) electrons. The lowest BCUT2D eigenvalue weighted by atomic mass is 9.89. The average molecular weight is 355 g/mol. The molecule has 0 spiro atoms. The molecule has 0 unspecified atom stereocenters. The van der Waals surface area contributed by atoms with Crippen molar-refractivity contribution in [2.75, 3.05) is 6.54 Å². The summed E-state index contributed by atoms with van der Waals surface area (Å²) in [5, 5.41) is 6.00. The fourth-order valence-electron chi connectivity index (χ4n) is 2.98. The summed E-state index contributed by atoms with van der Waals surface area (Å²) in [6.07, 6.45) is 8.84. The smallest absolute Gasteiger partial charge is 0.107 e. The number of nitrogens with one attached hydrogen (secondary N) is 1. The third-order valence-electron chi connectivity index (χ3n) is 4.18. The fraction of sp³-hybridized carbons (Fsp3) is 0.471. The molecule has 0 aliphatic heterocycles. The van der Waals surface area contributed by atoms with E-state index in [1.54, 1.807) is 17.4 Å². The van der Waals surface area contributed by atoms with Crippen molar-refractivity contribution in [3.63, 3.8) is 0 Å². The predicted octanol–water partition coefficient (Wildman–Crippen LogP) is 5.79. The molecule has 0 bridgehead atoms. The van der Waals surface area contributed by atoms with Gasteiger partial charge in [-0.15, -0.1) is 11.3 Å². The van der Waals surface area contributed by atoms with E-state index in [4.69, 9.17) is 23.2 Å². The molecule has 1 heterocycles. The van der Waals surface area contributed by atoms with Gasteiger partial charge >= 0.3 is 0 Å². The van der Waals surface area contributed by atoms with Crippen LogP contribution in [0, 0.1) is 5.92 Å². The molecular formula is C17H20Cl2N2S. The molecule has 2 aromatic rings. The summed E-state index contributed by atoms with van der Waals surface area (Å²) in [5.41, 5.74) is 1.00. The Morgan fingerprint density at radius 1 is 1.18 bits per heavy atom. The standard InChI is InChI=1S/C17H20Cl2N2S/c18-13-6-7-14(15(19)8-13)16-10-21-17(22-16)11-20-9-12-4-2-1-3-5-12/h6-8,10,12,20H,1-5,9,11H2. The molecule has 1 aliphatic carbocycles. The van der Waals surface area contributed by atoms with Crippen molar-refractivity contribution in [3.8, 4) is 10.4 Å². The summed E-state index contributed by atoms with van der Waals surface area (Å²) >= 11 is 13.9. The maximum Gasteiger partial charge on any atom is 0.107 e. The largest absolute Gasteiger partial charge is 0.310 e. The molecule has 5 heteroatoms. The van der Waals surface area contributed by atoms with E-state index < -0.39 is 0 Å². The number of rotatable bonds is 5. The van der Waals surface area contributed by atoms with E-state index in [0.717, 1.165) is 34.5 Å². The highest BCUT2D eigenvalue weighted by Crippen LogP contribution is 2.33. The Balaban J connectivity index is 1.56. The topological polar surface area (TPSA) is 24.9 Å². The number of hydrogen-bond acceptors (Lipinski definition) is 3. The zero-order chi connectivity index (χ0) is 15.4. The number of hydrogen-bond donors (Lipinski definition) is 1. The number of halogens is 2. The molecule has 1 fully saturated rings. The maximum atomic E-state index is 6.26. The molecule has 22 heavy (non-hydrogen) atoms. The fourth-order valence-corrected chi connectivity index (χ4v) is 4.47. The van der Waals surface area contributed by atoms with Gasteiger partial charge in [0, 0.05) is 23.3 Å². The second kappa shape index (κ2) is 7.78. The molecule has 0 amide bonds. The second-order valence-corrected chi connectivity index (χ2v) is 7.84. The van der Waals surface area contributed by atoms with Crippen LogP contribution in [0.5, 0.6) is 0 Å². The molecule has 0 saturated heterocycles. The predicted molar refractivity (Wildman–Crippen MR) is 95.9 cm³/mol. The number of benzene rings is 1. The zero-order valence-corrected chi connectivity index (χ0v) is 14.8. The minimum Gasteiger partial charge on any atom is -0.310 e. The average Bonchev–Trinajstić information content (AvgIpc) is 2.97. The van der Waals surface area contributed by atoms with E-state index in [1.165, 1.54) is 32.1 Å². The summed E-state index contributed by atoms with van der Waals surface area (Å²) in [4.78, 5) is 5.60. The Kier molecular flexibility index (Phi) is 5.75. The van der Waals surface area contributed by atoms with Gasteiger partial charge in [0.05, 0.1) is 9.90 Å². The minimum absolute atomic E-state index is 0.660. The summed E-state index contributed by atoms with van der Waals surface area (Å²) in [6, 6.07) is 5.60. The van der Waals surface area contributed by atoms with Gasteiger partial charge in [-0.3, -0.25) is 0 Å². The van der Waals surface area contributed by atoms with Gasteiger partial charge in [0.25, 0.3) is 0 Å². The van der Waals surface area contributed by atoms with Gasteiger partial charge in [0.1, 0.15) is 5.01 Å². The van der Waals surface area contributed by atoms with Gasteiger partial charge in [0.15, 0.2) is 0 Å². The molecule has 118 valence electrons. The van der Waals surface area contributed by atoms with E-state index in [9.17, 15) is 0 Å². The zero-order valence-electron chi connectivity index (χ0n) is 12.4. The first kappa shape index (κ1) is 16.3. The molecule has 2 nitrogen and oxygen atoms in total. The lowest BCUT2D eigenvalue weighted by molar-refractivity contribution is 0.342.